The van der Waals surface area contributed by atoms with Gasteiger partial charge in [0, 0.05) is 6.42 Å². The van der Waals surface area contributed by atoms with Crippen LogP contribution in [0.3, 0.4) is 0 Å². The highest BCUT2D eigenvalue weighted by Gasteiger charge is 2.39. The lowest BCUT2D eigenvalue weighted by Gasteiger charge is -2.01. The van der Waals surface area contributed by atoms with Crippen LogP contribution in [0.15, 0.2) is 28.8 Å². The number of rotatable bonds is 4. The molecule has 0 aliphatic rings. The van der Waals surface area contributed by atoms with Gasteiger partial charge in [0.15, 0.2) is 5.82 Å². The lowest BCUT2D eigenvalue weighted by Crippen LogP contribution is -2.24. The van der Waals surface area contributed by atoms with Gasteiger partial charge >= 0.3 is 6.18 Å². The third-order valence-corrected chi connectivity index (χ3v) is 2.75. The normalized spacial score (nSPS) is 11.6. The molecule has 0 fully saturated rings. The van der Waals surface area contributed by atoms with E-state index in [0.717, 1.165) is 11.1 Å². The molecule has 7 heteroatoms. The standard InChI is InChI=1S/C13H11F3N2O2/c1-8-4-2-3-5-9(8)6-11-17-12(20-18-11)7-10(19)13(14,15)16/h2-5H,6-7H2,1H3. The van der Waals surface area contributed by atoms with Crippen LogP contribution in [0, 0.1) is 6.92 Å². The van der Waals surface area contributed by atoms with Crippen LogP contribution in [0.5, 0.6) is 0 Å². The zero-order valence-corrected chi connectivity index (χ0v) is 10.6. The number of alkyl halides is 3. The summed E-state index contributed by atoms with van der Waals surface area (Å²) >= 11 is 0. The highest BCUT2D eigenvalue weighted by Crippen LogP contribution is 2.18. The molecule has 0 N–H and O–H groups in total. The highest BCUT2D eigenvalue weighted by molar-refractivity contribution is 5.85. The van der Waals surface area contributed by atoms with Crippen LogP contribution in [0.1, 0.15) is 22.8 Å². The Morgan fingerprint density at radius 2 is 2.00 bits per heavy atom. The van der Waals surface area contributed by atoms with E-state index in [-0.39, 0.29) is 11.7 Å². The summed E-state index contributed by atoms with van der Waals surface area (Å²) in [6.07, 6.45) is -5.47. The minimum absolute atomic E-state index is 0.254. The predicted molar refractivity (Wildman–Crippen MR) is 63.0 cm³/mol. The molecule has 0 radical (unpaired) electrons. The topological polar surface area (TPSA) is 56.0 Å². The first-order chi connectivity index (χ1) is 9.36. The van der Waals surface area contributed by atoms with Crippen molar-refractivity contribution in [1.82, 2.24) is 10.1 Å². The van der Waals surface area contributed by atoms with E-state index in [1.54, 1.807) is 0 Å². The zero-order chi connectivity index (χ0) is 14.8. The maximum Gasteiger partial charge on any atom is 0.450 e. The van der Waals surface area contributed by atoms with E-state index < -0.39 is 18.4 Å². The van der Waals surface area contributed by atoms with E-state index in [0.29, 0.717) is 6.42 Å². The van der Waals surface area contributed by atoms with Gasteiger partial charge in [0.1, 0.15) is 0 Å². The average Bonchev–Trinajstić information content (AvgIpc) is 2.78. The maximum atomic E-state index is 12.1. The van der Waals surface area contributed by atoms with Crippen LogP contribution in [0.2, 0.25) is 0 Å². The van der Waals surface area contributed by atoms with E-state index in [2.05, 4.69) is 14.7 Å². The van der Waals surface area contributed by atoms with Crippen molar-refractivity contribution in [2.24, 2.45) is 0 Å². The Labute approximate surface area is 112 Å². The molecule has 0 atom stereocenters. The fraction of sp³-hybridized carbons (Fsp3) is 0.308. The molecular formula is C13H11F3N2O2. The third-order valence-electron chi connectivity index (χ3n) is 2.75. The number of aromatic nitrogens is 2. The van der Waals surface area contributed by atoms with Crippen LogP contribution < -0.4 is 0 Å². The van der Waals surface area contributed by atoms with Gasteiger partial charge in [-0.3, -0.25) is 4.79 Å². The first-order valence-corrected chi connectivity index (χ1v) is 5.82. The summed E-state index contributed by atoms with van der Waals surface area (Å²) in [5, 5.41) is 3.58. The van der Waals surface area contributed by atoms with Crippen LogP contribution in [0.25, 0.3) is 0 Å². The van der Waals surface area contributed by atoms with Gasteiger partial charge in [-0.25, -0.2) is 0 Å². The average molecular weight is 284 g/mol. The molecule has 1 aromatic carbocycles. The highest BCUT2D eigenvalue weighted by atomic mass is 19.4. The SMILES string of the molecule is Cc1ccccc1Cc1noc(CC(=O)C(F)(F)F)n1. The summed E-state index contributed by atoms with van der Waals surface area (Å²) in [6.45, 7) is 1.91. The number of hydrogen-bond donors (Lipinski definition) is 0. The van der Waals surface area contributed by atoms with Crippen molar-refractivity contribution in [3.05, 3.63) is 47.1 Å². The van der Waals surface area contributed by atoms with Gasteiger partial charge in [-0.1, -0.05) is 29.4 Å². The van der Waals surface area contributed by atoms with Crippen LogP contribution in [-0.4, -0.2) is 22.1 Å². The number of carbonyl (C=O) groups excluding carboxylic acids is 1. The largest absolute Gasteiger partial charge is 0.450 e. The Morgan fingerprint density at radius 1 is 1.30 bits per heavy atom. The second-order valence-corrected chi connectivity index (χ2v) is 4.31. The minimum Gasteiger partial charge on any atom is -0.339 e. The monoisotopic (exact) mass is 284 g/mol. The Hall–Kier alpha value is -2.18. The van der Waals surface area contributed by atoms with Gasteiger partial charge in [-0.15, -0.1) is 0 Å². The van der Waals surface area contributed by atoms with Crippen LogP contribution >= 0.6 is 0 Å². The number of benzene rings is 1. The van der Waals surface area contributed by atoms with Gasteiger partial charge in [-0.05, 0) is 18.1 Å². The molecule has 0 aliphatic heterocycles. The number of aryl methyl sites for hydroxylation is 1. The Morgan fingerprint density at radius 3 is 2.65 bits per heavy atom. The van der Waals surface area contributed by atoms with Crippen molar-refractivity contribution in [1.29, 1.82) is 0 Å². The minimum atomic E-state index is -4.88. The second kappa shape index (κ2) is 5.44. The molecule has 4 nitrogen and oxygen atoms in total. The van der Waals surface area contributed by atoms with E-state index >= 15 is 0 Å². The Bertz CT molecular complexity index is 620. The van der Waals surface area contributed by atoms with Crippen molar-refractivity contribution < 1.29 is 22.5 Å². The first-order valence-electron chi connectivity index (χ1n) is 5.82. The molecular weight excluding hydrogens is 273 g/mol. The zero-order valence-electron chi connectivity index (χ0n) is 10.6. The summed E-state index contributed by atoms with van der Waals surface area (Å²) in [5.74, 6) is -1.97. The van der Waals surface area contributed by atoms with Crippen molar-refractivity contribution in [3.63, 3.8) is 0 Å². The molecule has 106 valence electrons. The van der Waals surface area contributed by atoms with Crippen LogP contribution in [0.4, 0.5) is 13.2 Å². The second-order valence-electron chi connectivity index (χ2n) is 4.31. The number of nitrogens with zero attached hydrogens (tertiary/aromatic N) is 2. The molecule has 0 spiro atoms. The molecule has 0 aliphatic carbocycles. The van der Waals surface area contributed by atoms with Crippen molar-refractivity contribution in [3.8, 4) is 0 Å². The van der Waals surface area contributed by atoms with E-state index in [1.165, 1.54) is 0 Å². The fourth-order valence-corrected chi connectivity index (χ4v) is 1.65. The lowest BCUT2D eigenvalue weighted by molar-refractivity contribution is -0.170. The molecule has 0 saturated heterocycles. The fourth-order valence-electron chi connectivity index (χ4n) is 1.65. The van der Waals surface area contributed by atoms with Gasteiger partial charge in [-0.2, -0.15) is 18.2 Å². The molecule has 2 rings (SSSR count). The van der Waals surface area contributed by atoms with E-state index in [9.17, 15) is 18.0 Å². The molecule has 0 saturated carbocycles. The molecule has 20 heavy (non-hydrogen) atoms. The Balaban J connectivity index is 2.07. The number of halogens is 3. The van der Waals surface area contributed by atoms with Gasteiger partial charge in [0.25, 0.3) is 0 Å². The summed E-state index contributed by atoms with van der Waals surface area (Å²) in [5.41, 5.74) is 1.97. The molecule has 1 heterocycles. The molecule has 0 unspecified atom stereocenters. The first kappa shape index (κ1) is 14.2. The van der Waals surface area contributed by atoms with Crippen LogP contribution in [-0.2, 0) is 17.6 Å². The van der Waals surface area contributed by atoms with Gasteiger partial charge < -0.3 is 4.52 Å². The van der Waals surface area contributed by atoms with Crippen molar-refractivity contribution in [2.75, 3.05) is 0 Å². The molecule has 2 aromatic rings. The summed E-state index contributed by atoms with van der Waals surface area (Å²) in [7, 11) is 0. The quantitative estimate of drug-likeness (QED) is 0.866. The predicted octanol–water partition coefficient (Wildman–Crippen LogP) is 2.64. The summed E-state index contributed by atoms with van der Waals surface area (Å²) in [4.78, 5) is 14.6. The molecule has 1 aromatic heterocycles. The lowest BCUT2D eigenvalue weighted by atomic mass is 10.1. The number of hydrogen-bond acceptors (Lipinski definition) is 4. The van der Waals surface area contributed by atoms with E-state index in [4.69, 9.17) is 0 Å². The Kier molecular flexibility index (Phi) is 3.87. The van der Waals surface area contributed by atoms with Crippen molar-refractivity contribution in [2.45, 2.75) is 25.9 Å². The number of carbonyl (C=O) groups is 1. The molecule has 0 amide bonds. The third kappa shape index (κ3) is 3.43. The van der Waals surface area contributed by atoms with Crippen molar-refractivity contribution >= 4 is 5.78 Å². The van der Waals surface area contributed by atoms with E-state index in [1.807, 2.05) is 31.2 Å². The number of Topliss-reactive ketones (excluding diaryl/α,β-unsaturated/α-hetero) is 1. The maximum absolute atomic E-state index is 12.1. The summed E-state index contributed by atoms with van der Waals surface area (Å²) in [6, 6.07) is 7.49. The smallest absolute Gasteiger partial charge is 0.339 e. The summed E-state index contributed by atoms with van der Waals surface area (Å²) < 4.78 is 41.0. The number of ketones is 1. The van der Waals surface area contributed by atoms with Gasteiger partial charge in [0.2, 0.25) is 11.7 Å². The molecule has 0 bridgehead atoms. The van der Waals surface area contributed by atoms with Gasteiger partial charge in [0.05, 0.1) is 6.42 Å².